The van der Waals surface area contributed by atoms with E-state index in [1.54, 1.807) is 6.08 Å². The minimum absolute atomic E-state index is 0.282. The van der Waals surface area contributed by atoms with E-state index in [2.05, 4.69) is 102 Å². The summed E-state index contributed by atoms with van der Waals surface area (Å²) in [5.74, 6) is 0. The van der Waals surface area contributed by atoms with Crippen molar-refractivity contribution in [3.05, 3.63) is 139 Å². The third-order valence-electron chi connectivity index (χ3n) is 6.83. The average Bonchev–Trinajstić information content (AvgIpc) is 3.30. The molecule has 6 aromatic rings. The van der Waals surface area contributed by atoms with Crippen molar-refractivity contribution < 1.29 is 0 Å². The zero-order valence-corrected chi connectivity index (χ0v) is 20.1. The maximum absolute atomic E-state index is 9.21. The molecule has 0 aliphatic rings. The van der Waals surface area contributed by atoms with Crippen molar-refractivity contribution in [3.63, 3.8) is 0 Å². The summed E-state index contributed by atoms with van der Waals surface area (Å²) in [4.78, 5) is 0. The highest BCUT2D eigenvalue weighted by Gasteiger charge is 2.16. The summed E-state index contributed by atoms with van der Waals surface area (Å²) < 4.78 is 2.33. The highest BCUT2D eigenvalue weighted by atomic mass is 15.0. The molecule has 3 nitrogen and oxygen atoms in total. The molecule has 0 amide bonds. The van der Waals surface area contributed by atoms with E-state index in [0.29, 0.717) is 5.57 Å². The Morgan fingerprint density at radius 2 is 1.54 bits per heavy atom. The molecule has 0 bridgehead atoms. The molecule has 37 heavy (non-hydrogen) atoms. The van der Waals surface area contributed by atoms with Crippen LogP contribution in [0.5, 0.6) is 0 Å². The van der Waals surface area contributed by atoms with Gasteiger partial charge in [0.1, 0.15) is 0 Å². The number of para-hydroxylation sites is 1. The van der Waals surface area contributed by atoms with Crippen LogP contribution in [0.15, 0.2) is 133 Å². The predicted octanol–water partition coefficient (Wildman–Crippen LogP) is 8.61. The molecule has 6 rings (SSSR count). The van der Waals surface area contributed by atoms with E-state index in [1.165, 1.54) is 33.1 Å². The summed E-state index contributed by atoms with van der Waals surface area (Å²) >= 11 is 0. The van der Waals surface area contributed by atoms with Crippen molar-refractivity contribution in [1.82, 2.24) is 4.57 Å². The van der Waals surface area contributed by atoms with Gasteiger partial charge in [-0.1, -0.05) is 91.5 Å². The Morgan fingerprint density at radius 1 is 0.757 bits per heavy atom. The molecule has 3 heteroatoms. The first-order valence-electron chi connectivity index (χ1n) is 12.1. The first-order valence-corrected chi connectivity index (χ1v) is 12.1. The van der Waals surface area contributed by atoms with Gasteiger partial charge in [-0.25, -0.2) is 0 Å². The topological polar surface area (TPSA) is 52.6 Å². The fraction of sp³-hybridized carbons (Fsp3) is 0. The number of fused-ring (bicyclic) bond motifs is 5. The molecule has 0 aliphatic heterocycles. The second-order valence-corrected chi connectivity index (χ2v) is 8.99. The van der Waals surface area contributed by atoms with Gasteiger partial charge in [-0.05, 0) is 58.3 Å². The number of aromatic nitrogens is 1. The lowest BCUT2D eigenvalue weighted by molar-refractivity contribution is 1.18. The van der Waals surface area contributed by atoms with Crippen LogP contribution < -0.4 is 0 Å². The summed E-state index contributed by atoms with van der Waals surface area (Å²) in [6.45, 7) is 3.65. The lowest BCUT2D eigenvalue weighted by atomic mass is 9.98. The Morgan fingerprint density at radius 3 is 2.35 bits per heavy atom. The van der Waals surface area contributed by atoms with Crippen LogP contribution in [-0.2, 0) is 0 Å². The first kappa shape index (κ1) is 22.3. The third-order valence-corrected chi connectivity index (χ3v) is 6.83. The number of benzene rings is 5. The van der Waals surface area contributed by atoms with Gasteiger partial charge in [0.25, 0.3) is 0 Å². The predicted molar refractivity (Wildman–Crippen MR) is 154 cm³/mol. The second-order valence-electron chi connectivity index (χ2n) is 8.99. The molecule has 0 radical (unpaired) electrons. The number of nitrogens with zero attached hydrogens (tertiary/aromatic N) is 2. The molecule has 1 aromatic heterocycles. The van der Waals surface area contributed by atoms with Crippen LogP contribution in [0.4, 0.5) is 0 Å². The molecule has 0 atom stereocenters. The molecule has 1 heterocycles. The van der Waals surface area contributed by atoms with Gasteiger partial charge in [0.15, 0.2) is 0 Å². The van der Waals surface area contributed by atoms with Gasteiger partial charge in [0.05, 0.1) is 28.4 Å². The Balaban J connectivity index is 1.59. The van der Waals surface area contributed by atoms with Crippen molar-refractivity contribution in [2.24, 2.45) is 0 Å². The molecule has 5 aromatic carbocycles. The molecule has 1 N–H and O–H groups in total. The van der Waals surface area contributed by atoms with Crippen LogP contribution in [0, 0.1) is 16.7 Å². The third kappa shape index (κ3) is 3.82. The molecule has 0 saturated heterocycles. The standard InChI is InChI=1S/C34H23N3/c1-2-23(22-35)19-31(36)27-11-8-10-25(20-27)26-15-17-30-33(21-26)37(28-12-4-3-5-13-28)32-18-16-24-9-6-7-14-29(24)34(30)32/h2-21,36H,1H2/b23-19+,36-31?. The SMILES string of the molecule is C=C/C(C#N)=C\C(=N)c1cccc(-c2ccc3c4c5ccccc5ccc4n(-c4ccccc4)c3c2)c1. The van der Waals surface area contributed by atoms with Crippen LogP contribution >= 0.6 is 0 Å². The maximum atomic E-state index is 9.21. The number of rotatable bonds is 5. The number of nitriles is 1. The quantitative estimate of drug-likeness (QED) is 0.152. The van der Waals surface area contributed by atoms with Gasteiger partial charge < -0.3 is 9.98 Å². The van der Waals surface area contributed by atoms with E-state index in [0.717, 1.165) is 27.9 Å². The largest absolute Gasteiger partial charge is 0.309 e. The Labute approximate surface area is 215 Å². The molecule has 0 aliphatic carbocycles. The summed E-state index contributed by atoms with van der Waals surface area (Å²) in [5, 5.41) is 22.6. The lowest BCUT2D eigenvalue weighted by Crippen LogP contribution is -1.96. The smallest absolute Gasteiger partial charge is 0.0992 e. The van der Waals surface area contributed by atoms with Crippen molar-refractivity contribution in [1.29, 1.82) is 10.7 Å². The van der Waals surface area contributed by atoms with Crippen molar-refractivity contribution in [2.45, 2.75) is 0 Å². The normalized spacial score (nSPS) is 11.6. The Bertz CT molecular complexity index is 1910. The summed E-state index contributed by atoms with van der Waals surface area (Å²) in [5.41, 5.74) is 6.91. The van der Waals surface area contributed by atoms with Crippen LogP contribution in [-0.4, -0.2) is 10.3 Å². The summed E-state index contributed by atoms with van der Waals surface area (Å²) in [6.07, 6.45) is 3.02. The van der Waals surface area contributed by atoms with E-state index >= 15 is 0 Å². The van der Waals surface area contributed by atoms with Crippen LogP contribution in [0.3, 0.4) is 0 Å². The van der Waals surface area contributed by atoms with Gasteiger partial charge in [-0.2, -0.15) is 5.26 Å². The van der Waals surface area contributed by atoms with Crippen molar-refractivity contribution in [2.75, 3.05) is 0 Å². The molecule has 174 valence electrons. The average molecular weight is 474 g/mol. The maximum Gasteiger partial charge on any atom is 0.0992 e. The number of hydrogen-bond acceptors (Lipinski definition) is 2. The van der Waals surface area contributed by atoms with Gasteiger partial charge in [0.2, 0.25) is 0 Å². The Hall–Kier alpha value is -5.20. The van der Waals surface area contributed by atoms with Gasteiger partial charge >= 0.3 is 0 Å². The van der Waals surface area contributed by atoms with Crippen molar-refractivity contribution in [3.8, 4) is 22.9 Å². The first-order chi connectivity index (χ1) is 18.2. The van der Waals surface area contributed by atoms with Crippen LogP contribution in [0.25, 0.3) is 49.4 Å². The molecule has 0 saturated carbocycles. The van der Waals surface area contributed by atoms with Gasteiger partial charge in [-0.3, -0.25) is 0 Å². The molecule has 0 unspecified atom stereocenters. The van der Waals surface area contributed by atoms with E-state index in [-0.39, 0.29) is 5.71 Å². The monoisotopic (exact) mass is 473 g/mol. The lowest BCUT2D eigenvalue weighted by Gasteiger charge is -2.10. The Kier molecular flexibility index (Phi) is 5.48. The minimum Gasteiger partial charge on any atom is -0.309 e. The second kappa shape index (κ2) is 9.11. The minimum atomic E-state index is 0.282. The van der Waals surface area contributed by atoms with Crippen LogP contribution in [0.2, 0.25) is 0 Å². The van der Waals surface area contributed by atoms with Crippen LogP contribution in [0.1, 0.15) is 5.56 Å². The zero-order chi connectivity index (χ0) is 25.4. The number of allylic oxidation sites excluding steroid dienone is 3. The van der Waals surface area contributed by atoms with E-state index in [1.807, 2.05) is 24.3 Å². The molecule has 0 spiro atoms. The van der Waals surface area contributed by atoms with E-state index in [9.17, 15) is 5.26 Å². The summed E-state index contributed by atoms with van der Waals surface area (Å²) in [7, 11) is 0. The number of hydrogen-bond donors (Lipinski definition) is 1. The molecular formula is C34H23N3. The molecular weight excluding hydrogens is 450 g/mol. The van der Waals surface area contributed by atoms with Crippen molar-refractivity contribution >= 4 is 38.3 Å². The summed E-state index contributed by atoms with van der Waals surface area (Å²) in [6, 6.07) is 40.0. The zero-order valence-electron chi connectivity index (χ0n) is 20.1. The van der Waals surface area contributed by atoms with Gasteiger partial charge in [0, 0.05) is 22.0 Å². The highest BCUT2D eigenvalue weighted by molar-refractivity contribution is 6.21. The highest BCUT2D eigenvalue weighted by Crippen LogP contribution is 2.38. The van der Waals surface area contributed by atoms with E-state index in [4.69, 9.17) is 5.41 Å². The number of nitrogens with one attached hydrogen (secondary N) is 1. The van der Waals surface area contributed by atoms with E-state index < -0.39 is 0 Å². The van der Waals surface area contributed by atoms with Gasteiger partial charge in [-0.15, -0.1) is 0 Å². The fourth-order valence-corrected chi connectivity index (χ4v) is 5.06. The molecule has 0 fully saturated rings. The fourth-order valence-electron chi connectivity index (χ4n) is 5.06.